The van der Waals surface area contributed by atoms with Gasteiger partial charge in [0.05, 0.1) is 5.69 Å². The number of hydrogen-bond donors (Lipinski definition) is 1. The van der Waals surface area contributed by atoms with Crippen molar-refractivity contribution >= 4 is 23.1 Å². The largest absolute Gasteiger partial charge is 0.378 e. The van der Waals surface area contributed by atoms with Crippen LogP contribution in [0.15, 0.2) is 66.7 Å². The van der Waals surface area contributed by atoms with Crippen LogP contribution in [0.25, 0.3) is 11.1 Å². The maximum absolute atomic E-state index is 12.8. The Hall–Kier alpha value is -3.40. The Morgan fingerprint density at radius 3 is 2.46 bits per heavy atom. The predicted molar refractivity (Wildman–Crippen MR) is 113 cm³/mol. The Morgan fingerprint density at radius 2 is 1.71 bits per heavy atom. The number of carbonyl (C=O) groups is 2. The second-order valence-corrected chi connectivity index (χ2v) is 7.20. The number of hydrogen-bond acceptors (Lipinski definition) is 3. The molecule has 1 aliphatic rings. The van der Waals surface area contributed by atoms with Gasteiger partial charge in [-0.25, -0.2) is 0 Å². The molecule has 0 fully saturated rings. The highest BCUT2D eigenvalue weighted by Crippen LogP contribution is 2.37. The molecular formula is C24H22N2O2. The van der Waals surface area contributed by atoms with Crippen LogP contribution in [0.3, 0.4) is 0 Å². The van der Waals surface area contributed by atoms with Crippen molar-refractivity contribution in [3.8, 4) is 11.1 Å². The summed E-state index contributed by atoms with van der Waals surface area (Å²) in [4.78, 5) is 27.3. The van der Waals surface area contributed by atoms with Crippen molar-refractivity contribution < 1.29 is 9.59 Å². The van der Waals surface area contributed by atoms with Gasteiger partial charge in [0, 0.05) is 37.3 Å². The number of ketones is 1. The molecule has 0 saturated heterocycles. The summed E-state index contributed by atoms with van der Waals surface area (Å²) in [5, 5.41) is 2.96. The minimum Gasteiger partial charge on any atom is -0.378 e. The third-order valence-corrected chi connectivity index (χ3v) is 5.15. The molecule has 1 aliphatic carbocycles. The highest BCUT2D eigenvalue weighted by atomic mass is 16.1. The van der Waals surface area contributed by atoms with Crippen molar-refractivity contribution in [3.05, 3.63) is 83.4 Å². The lowest BCUT2D eigenvalue weighted by Crippen LogP contribution is -2.16. The lowest BCUT2D eigenvalue weighted by molar-refractivity contribution is 0.0995. The number of amides is 1. The first-order valence-corrected chi connectivity index (χ1v) is 9.38. The second-order valence-electron chi connectivity index (χ2n) is 7.20. The van der Waals surface area contributed by atoms with Gasteiger partial charge in [0.2, 0.25) is 0 Å². The summed E-state index contributed by atoms with van der Waals surface area (Å²) < 4.78 is 0. The molecule has 0 radical (unpaired) electrons. The van der Waals surface area contributed by atoms with E-state index in [1.165, 1.54) is 0 Å². The van der Waals surface area contributed by atoms with Gasteiger partial charge >= 0.3 is 0 Å². The van der Waals surface area contributed by atoms with Gasteiger partial charge in [-0.15, -0.1) is 0 Å². The van der Waals surface area contributed by atoms with Gasteiger partial charge in [-0.05, 0) is 47.4 Å². The molecule has 0 atom stereocenters. The Kier molecular flexibility index (Phi) is 4.70. The monoisotopic (exact) mass is 370 g/mol. The van der Waals surface area contributed by atoms with E-state index in [1.54, 1.807) is 6.07 Å². The molecule has 3 aromatic rings. The quantitative estimate of drug-likeness (QED) is 0.718. The van der Waals surface area contributed by atoms with Crippen LogP contribution in [0.5, 0.6) is 0 Å². The summed E-state index contributed by atoms with van der Waals surface area (Å²) in [6.45, 7) is 0. The smallest absolute Gasteiger partial charge is 0.255 e. The van der Waals surface area contributed by atoms with E-state index in [0.717, 1.165) is 22.4 Å². The summed E-state index contributed by atoms with van der Waals surface area (Å²) in [7, 11) is 3.87. The second kappa shape index (κ2) is 7.31. The highest BCUT2D eigenvalue weighted by Gasteiger charge is 2.27. The molecule has 1 amide bonds. The molecule has 4 rings (SSSR count). The van der Waals surface area contributed by atoms with E-state index < -0.39 is 0 Å². The zero-order valence-electron chi connectivity index (χ0n) is 16.0. The SMILES string of the molecule is CN(C)c1cccc(C(=O)Nc2ccc(-c3ccccc3)c3c2C(=O)CC3)c1. The third kappa shape index (κ3) is 3.29. The normalized spacial score (nSPS) is 12.6. The van der Waals surface area contributed by atoms with Crippen LogP contribution in [-0.2, 0) is 6.42 Å². The van der Waals surface area contributed by atoms with Gasteiger partial charge in [-0.1, -0.05) is 42.5 Å². The molecular weight excluding hydrogens is 348 g/mol. The number of fused-ring (bicyclic) bond motifs is 1. The Morgan fingerprint density at radius 1 is 0.929 bits per heavy atom. The van der Waals surface area contributed by atoms with Crippen molar-refractivity contribution in [2.24, 2.45) is 0 Å². The zero-order valence-corrected chi connectivity index (χ0v) is 16.0. The Bertz CT molecular complexity index is 1060. The van der Waals surface area contributed by atoms with E-state index in [2.05, 4.69) is 5.32 Å². The third-order valence-electron chi connectivity index (χ3n) is 5.15. The standard InChI is InChI=1S/C24H22N2O2/c1-26(2)18-10-6-9-17(15-18)24(28)25-21-13-11-19(16-7-4-3-5-8-16)20-12-14-22(27)23(20)21/h3-11,13,15H,12,14H2,1-2H3,(H,25,28). The van der Waals surface area contributed by atoms with Gasteiger partial charge in [0.25, 0.3) is 5.91 Å². The van der Waals surface area contributed by atoms with Crippen molar-refractivity contribution in [2.75, 3.05) is 24.3 Å². The van der Waals surface area contributed by atoms with Crippen molar-refractivity contribution in [1.82, 2.24) is 0 Å². The number of anilines is 2. The van der Waals surface area contributed by atoms with Crippen LogP contribution in [0, 0.1) is 0 Å². The lowest BCUT2D eigenvalue weighted by atomic mass is 9.95. The topological polar surface area (TPSA) is 49.4 Å². The molecule has 4 heteroatoms. The fourth-order valence-electron chi connectivity index (χ4n) is 3.70. The highest BCUT2D eigenvalue weighted by molar-refractivity contribution is 6.12. The molecule has 4 nitrogen and oxygen atoms in total. The fourth-order valence-corrected chi connectivity index (χ4v) is 3.70. The maximum Gasteiger partial charge on any atom is 0.255 e. The van der Waals surface area contributed by atoms with Gasteiger partial charge in [-0.3, -0.25) is 9.59 Å². The molecule has 140 valence electrons. The van der Waals surface area contributed by atoms with Crippen molar-refractivity contribution in [1.29, 1.82) is 0 Å². The number of nitrogens with zero attached hydrogens (tertiary/aromatic N) is 1. The van der Waals surface area contributed by atoms with Crippen LogP contribution in [0.2, 0.25) is 0 Å². The van der Waals surface area contributed by atoms with Crippen LogP contribution in [0.4, 0.5) is 11.4 Å². The van der Waals surface area contributed by atoms with Gasteiger partial charge < -0.3 is 10.2 Å². The molecule has 0 aromatic heterocycles. The van der Waals surface area contributed by atoms with Crippen LogP contribution in [0.1, 0.15) is 32.7 Å². The summed E-state index contributed by atoms with van der Waals surface area (Å²) >= 11 is 0. The molecule has 1 N–H and O–H groups in total. The Balaban J connectivity index is 1.70. The van der Waals surface area contributed by atoms with Crippen LogP contribution in [-0.4, -0.2) is 25.8 Å². The van der Waals surface area contributed by atoms with Crippen molar-refractivity contribution in [3.63, 3.8) is 0 Å². The molecule has 0 unspecified atom stereocenters. The molecule has 28 heavy (non-hydrogen) atoms. The fraction of sp³-hybridized carbons (Fsp3) is 0.167. The number of nitrogens with one attached hydrogen (secondary N) is 1. The first-order valence-electron chi connectivity index (χ1n) is 9.38. The van der Waals surface area contributed by atoms with E-state index in [4.69, 9.17) is 0 Å². The Labute approximate surface area is 164 Å². The number of Topliss-reactive ketones (excluding diaryl/α,β-unsaturated/α-hetero) is 1. The molecule has 0 spiro atoms. The van der Waals surface area contributed by atoms with Gasteiger partial charge in [-0.2, -0.15) is 0 Å². The lowest BCUT2D eigenvalue weighted by Gasteiger charge is -2.15. The molecule has 0 aliphatic heterocycles. The van der Waals surface area contributed by atoms with Crippen molar-refractivity contribution in [2.45, 2.75) is 12.8 Å². The van der Waals surface area contributed by atoms with E-state index >= 15 is 0 Å². The molecule has 0 bridgehead atoms. The van der Waals surface area contributed by atoms with E-state index in [1.807, 2.05) is 79.7 Å². The first kappa shape index (κ1) is 18.0. The average Bonchev–Trinajstić information content (AvgIpc) is 3.11. The predicted octanol–water partition coefficient (Wildman–Crippen LogP) is 4.80. The first-order chi connectivity index (χ1) is 13.5. The number of carbonyl (C=O) groups excluding carboxylic acids is 2. The summed E-state index contributed by atoms with van der Waals surface area (Å²) in [6, 6.07) is 21.3. The summed E-state index contributed by atoms with van der Waals surface area (Å²) in [5.41, 5.74) is 5.94. The van der Waals surface area contributed by atoms with Gasteiger partial charge in [0.1, 0.15) is 0 Å². The van der Waals surface area contributed by atoms with E-state index in [-0.39, 0.29) is 11.7 Å². The number of rotatable bonds is 4. The minimum atomic E-state index is -0.210. The van der Waals surface area contributed by atoms with Gasteiger partial charge in [0.15, 0.2) is 5.78 Å². The molecule has 0 saturated carbocycles. The zero-order chi connectivity index (χ0) is 19.7. The van der Waals surface area contributed by atoms with Crippen LogP contribution >= 0.6 is 0 Å². The summed E-state index contributed by atoms with van der Waals surface area (Å²) in [5.74, 6) is -0.122. The van der Waals surface area contributed by atoms with Crippen LogP contribution < -0.4 is 10.2 Å². The van der Waals surface area contributed by atoms with E-state index in [0.29, 0.717) is 29.7 Å². The summed E-state index contributed by atoms with van der Waals surface area (Å²) in [6.07, 6.45) is 1.19. The van der Waals surface area contributed by atoms with E-state index in [9.17, 15) is 9.59 Å². The molecule has 3 aromatic carbocycles. The maximum atomic E-state index is 12.8. The minimum absolute atomic E-state index is 0.0881. The average molecular weight is 370 g/mol. The molecule has 0 heterocycles. The number of benzene rings is 3.